The van der Waals surface area contributed by atoms with E-state index in [0.717, 1.165) is 12.8 Å². The van der Waals surface area contributed by atoms with Crippen LogP contribution in [-0.2, 0) is 19.1 Å². The monoisotopic (exact) mass is 298 g/mol. The molecule has 2 heterocycles. The zero-order valence-corrected chi connectivity index (χ0v) is 13.3. The molecule has 0 aromatic heterocycles. The molecule has 0 bridgehead atoms. The zero-order valence-electron chi connectivity index (χ0n) is 13.3. The number of carbonyl (C=O) groups excluding carboxylic acids is 2. The lowest BCUT2D eigenvalue weighted by atomic mass is 10.2. The summed E-state index contributed by atoms with van der Waals surface area (Å²) in [5.41, 5.74) is -0.450. The van der Waals surface area contributed by atoms with Crippen molar-refractivity contribution in [1.82, 2.24) is 9.80 Å². The fourth-order valence-electron chi connectivity index (χ4n) is 2.66. The number of carbonyl (C=O) groups is 2. The molecule has 1 atom stereocenters. The molecule has 0 N–H and O–H groups in total. The Bertz CT molecular complexity index is 378. The van der Waals surface area contributed by atoms with Gasteiger partial charge < -0.3 is 14.4 Å². The molecular formula is C15H26N2O4. The SMILES string of the molecule is CC(C)(C)OC(=O)CN1CCN(C(=O)C2CCCO2)CC1. The van der Waals surface area contributed by atoms with Crippen molar-refractivity contribution in [1.29, 1.82) is 0 Å². The third-order valence-corrected chi connectivity index (χ3v) is 3.66. The molecule has 0 radical (unpaired) electrons. The number of ether oxygens (including phenoxy) is 2. The highest BCUT2D eigenvalue weighted by Gasteiger charge is 2.31. The van der Waals surface area contributed by atoms with Crippen LogP contribution in [0.2, 0.25) is 0 Å². The standard InChI is InChI=1S/C15H26N2O4/c1-15(2,3)21-13(18)11-16-6-8-17(9-7-16)14(19)12-5-4-10-20-12/h12H,4-11H2,1-3H3. The maximum Gasteiger partial charge on any atom is 0.320 e. The molecule has 0 aliphatic carbocycles. The van der Waals surface area contributed by atoms with E-state index in [4.69, 9.17) is 9.47 Å². The highest BCUT2D eigenvalue weighted by Crippen LogP contribution is 2.16. The summed E-state index contributed by atoms with van der Waals surface area (Å²) in [4.78, 5) is 27.9. The second-order valence-electron chi connectivity index (χ2n) is 6.69. The van der Waals surface area contributed by atoms with E-state index in [-0.39, 0.29) is 18.0 Å². The van der Waals surface area contributed by atoms with Crippen LogP contribution in [0.1, 0.15) is 33.6 Å². The molecule has 2 aliphatic rings. The predicted molar refractivity (Wildman–Crippen MR) is 77.8 cm³/mol. The van der Waals surface area contributed by atoms with Gasteiger partial charge in [0, 0.05) is 32.8 Å². The summed E-state index contributed by atoms with van der Waals surface area (Å²) in [7, 11) is 0. The van der Waals surface area contributed by atoms with Crippen LogP contribution in [0.4, 0.5) is 0 Å². The predicted octanol–water partition coefficient (Wildman–Crippen LogP) is 0.651. The molecule has 0 aromatic rings. The number of hydrogen-bond donors (Lipinski definition) is 0. The Hall–Kier alpha value is -1.14. The van der Waals surface area contributed by atoms with Crippen molar-refractivity contribution in [3.05, 3.63) is 0 Å². The van der Waals surface area contributed by atoms with Crippen LogP contribution in [0.25, 0.3) is 0 Å². The van der Waals surface area contributed by atoms with E-state index in [9.17, 15) is 9.59 Å². The summed E-state index contributed by atoms with van der Waals surface area (Å²) in [6, 6.07) is 0. The van der Waals surface area contributed by atoms with Crippen molar-refractivity contribution in [2.24, 2.45) is 0 Å². The van der Waals surface area contributed by atoms with Gasteiger partial charge in [0.1, 0.15) is 11.7 Å². The molecular weight excluding hydrogens is 272 g/mol. The van der Waals surface area contributed by atoms with E-state index in [2.05, 4.69) is 0 Å². The van der Waals surface area contributed by atoms with Crippen LogP contribution in [-0.4, -0.2) is 72.7 Å². The molecule has 0 spiro atoms. The summed E-state index contributed by atoms with van der Waals surface area (Å²) in [5.74, 6) is -0.106. The third kappa shape index (κ3) is 4.97. The summed E-state index contributed by atoms with van der Waals surface area (Å²) < 4.78 is 10.8. The molecule has 6 nitrogen and oxygen atoms in total. The average molecular weight is 298 g/mol. The Morgan fingerprint density at radius 1 is 1.19 bits per heavy atom. The van der Waals surface area contributed by atoms with Crippen LogP contribution >= 0.6 is 0 Å². The molecule has 21 heavy (non-hydrogen) atoms. The molecule has 0 aromatic carbocycles. The van der Waals surface area contributed by atoms with Gasteiger partial charge in [0.25, 0.3) is 5.91 Å². The van der Waals surface area contributed by atoms with E-state index in [0.29, 0.717) is 39.3 Å². The first-order valence-corrected chi connectivity index (χ1v) is 7.70. The molecule has 0 saturated carbocycles. The second kappa shape index (κ2) is 6.75. The molecule has 2 saturated heterocycles. The lowest BCUT2D eigenvalue weighted by molar-refractivity contribution is -0.156. The van der Waals surface area contributed by atoms with Gasteiger partial charge in [-0.1, -0.05) is 0 Å². The highest BCUT2D eigenvalue weighted by molar-refractivity contribution is 5.81. The van der Waals surface area contributed by atoms with Crippen LogP contribution in [0.15, 0.2) is 0 Å². The van der Waals surface area contributed by atoms with Crippen molar-refractivity contribution in [2.45, 2.75) is 45.3 Å². The largest absolute Gasteiger partial charge is 0.459 e. The second-order valence-corrected chi connectivity index (χ2v) is 6.69. The number of esters is 1. The molecule has 2 rings (SSSR count). The van der Waals surface area contributed by atoms with Crippen molar-refractivity contribution in [3.8, 4) is 0 Å². The first-order chi connectivity index (χ1) is 9.85. The topological polar surface area (TPSA) is 59.1 Å². The van der Waals surface area contributed by atoms with E-state index in [1.54, 1.807) is 0 Å². The lowest BCUT2D eigenvalue weighted by Crippen LogP contribution is -2.52. The van der Waals surface area contributed by atoms with E-state index in [1.165, 1.54) is 0 Å². The fraction of sp³-hybridized carbons (Fsp3) is 0.867. The molecule has 1 unspecified atom stereocenters. The minimum absolute atomic E-state index is 0.101. The maximum atomic E-state index is 12.2. The highest BCUT2D eigenvalue weighted by atomic mass is 16.6. The van der Waals surface area contributed by atoms with Crippen molar-refractivity contribution in [2.75, 3.05) is 39.3 Å². The number of nitrogens with zero attached hydrogens (tertiary/aromatic N) is 2. The Labute approximate surface area is 126 Å². The van der Waals surface area contributed by atoms with Gasteiger partial charge in [-0.15, -0.1) is 0 Å². The Morgan fingerprint density at radius 2 is 1.86 bits per heavy atom. The van der Waals surface area contributed by atoms with Gasteiger partial charge in [0.2, 0.25) is 0 Å². The van der Waals surface area contributed by atoms with Gasteiger partial charge in [-0.05, 0) is 33.6 Å². The summed E-state index contributed by atoms with van der Waals surface area (Å²) in [5, 5.41) is 0. The van der Waals surface area contributed by atoms with Crippen molar-refractivity contribution >= 4 is 11.9 Å². The van der Waals surface area contributed by atoms with Gasteiger partial charge in [-0.2, -0.15) is 0 Å². The first kappa shape index (κ1) is 16.2. The molecule has 2 fully saturated rings. The summed E-state index contributed by atoms with van der Waals surface area (Å²) >= 11 is 0. The minimum atomic E-state index is -0.450. The van der Waals surface area contributed by atoms with Crippen LogP contribution in [0, 0.1) is 0 Å². The Morgan fingerprint density at radius 3 is 2.38 bits per heavy atom. The molecule has 120 valence electrons. The Kier molecular flexibility index (Phi) is 5.22. The number of piperazine rings is 1. The zero-order chi connectivity index (χ0) is 15.5. The van der Waals surface area contributed by atoms with Crippen molar-refractivity contribution < 1.29 is 19.1 Å². The molecule has 6 heteroatoms. The summed E-state index contributed by atoms with van der Waals surface area (Å²) in [6.45, 7) is 9.29. The number of hydrogen-bond acceptors (Lipinski definition) is 5. The van der Waals surface area contributed by atoms with E-state index >= 15 is 0 Å². The van der Waals surface area contributed by atoms with E-state index < -0.39 is 5.60 Å². The van der Waals surface area contributed by atoms with E-state index in [1.807, 2.05) is 30.6 Å². The smallest absolute Gasteiger partial charge is 0.320 e. The molecule has 2 aliphatic heterocycles. The summed E-state index contributed by atoms with van der Waals surface area (Å²) in [6.07, 6.45) is 1.55. The van der Waals surface area contributed by atoms with Gasteiger partial charge in [0.15, 0.2) is 0 Å². The Balaban J connectivity index is 1.73. The third-order valence-electron chi connectivity index (χ3n) is 3.66. The number of amides is 1. The van der Waals surface area contributed by atoms with Crippen LogP contribution in [0.3, 0.4) is 0 Å². The average Bonchev–Trinajstić information content (AvgIpc) is 2.90. The maximum absolute atomic E-state index is 12.2. The first-order valence-electron chi connectivity index (χ1n) is 7.70. The molecule has 1 amide bonds. The van der Waals surface area contributed by atoms with Crippen LogP contribution < -0.4 is 0 Å². The van der Waals surface area contributed by atoms with Gasteiger partial charge >= 0.3 is 5.97 Å². The van der Waals surface area contributed by atoms with Crippen molar-refractivity contribution in [3.63, 3.8) is 0 Å². The fourth-order valence-corrected chi connectivity index (χ4v) is 2.66. The minimum Gasteiger partial charge on any atom is -0.459 e. The van der Waals surface area contributed by atoms with Gasteiger partial charge in [-0.25, -0.2) is 0 Å². The normalized spacial score (nSPS) is 24.1. The quantitative estimate of drug-likeness (QED) is 0.716. The number of rotatable bonds is 3. The van der Waals surface area contributed by atoms with Gasteiger partial charge in [-0.3, -0.25) is 14.5 Å². The lowest BCUT2D eigenvalue weighted by Gasteiger charge is -2.35. The van der Waals surface area contributed by atoms with Crippen LogP contribution in [0.5, 0.6) is 0 Å². The van der Waals surface area contributed by atoms with Gasteiger partial charge in [0.05, 0.1) is 6.54 Å².